The highest BCUT2D eigenvalue weighted by atomic mass is 32.2. The third kappa shape index (κ3) is 5.20. The molecular formula is C19H17NOS. The summed E-state index contributed by atoms with van der Waals surface area (Å²) >= 11 is 1.15. The summed E-state index contributed by atoms with van der Waals surface area (Å²) in [5, 5.41) is 10.7. The average molecular weight is 307 g/mol. The summed E-state index contributed by atoms with van der Waals surface area (Å²) in [6, 6.07) is 15.5. The first-order valence-electron chi connectivity index (χ1n) is 7.22. The first-order valence-corrected chi connectivity index (χ1v) is 8.04. The van der Waals surface area contributed by atoms with Crippen molar-refractivity contribution in [2.75, 3.05) is 6.61 Å². The number of thioether (sulfide) groups is 1. The van der Waals surface area contributed by atoms with Crippen LogP contribution in [-0.4, -0.2) is 6.61 Å². The van der Waals surface area contributed by atoms with E-state index in [4.69, 9.17) is 10.00 Å². The van der Waals surface area contributed by atoms with Crippen LogP contribution in [0.25, 0.3) is 0 Å². The molecule has 0 radical (unpaired) electrons. The zero-order valence-corrected chi connectivity index (χ0v) is 13.3. The van der Waals surface area contributed by atoms with Crippen LogP contribution in [0.15, 0.2) is 53.4 Å². The van der Waals surface area contributed by atoms with E-state index in [2.05, 4.69) is 24.2 Å². The summed E-state index contributed by atoms with van der Waals surface area (Å²) in [5.74, 6) is 7.13. The number of thiocyanates is 1. The molecule has 0 aliphatic rings. The predicted octanol–water partition coefficient (Wildman–Crippen LogP) is 4.84. The molecule has 110 valence electrons. The SMILES string of the molecule is CCCCOc1ccc(C#Cc2ccc(SC#N)cc2)cc1. The number of benzene rings is 2. The first kappa shape index (κ1) is 16.0. The molecule has 0 unspecified atom stereocenters. The maximum absolute atomic E-state index is 8.61. The molecule has 0 spiro atoms. The molecule has 2 aromatic carbocycles. The minimum absolute atomic E-state index is 0.759. The Balaban J connectivity index is 1.97. The molecule has 3 heteroatoms. The van der Waals surface area contributed by atoms with E-state index in [-0.39, 0.29) is 0 Å². The fourth-order valence-corrected chi connectivity index (χ4v) is 2.15. The molecule has 0 amide bonds. The summed E-state index contributed by atoms with van der Waals surface area (Å²) < 4.78 is 5.62. The minimum Gasteiger partial charge on any atom is -0.494 e. The van der Waals surface area contributed by atoms with Gasteiger partial charge in [-0.3, -0.25) is 0 Å². The second-order valence-corrected chi connectivity index (χ2v) is 5.55. The van der Waals surface area contributed by atoms with E-state index in [0.717, 1.165) is 53.0 Å². The van der Waals surface area contributed by atoms with Crippen LogP contribution in [0.1, 0.15) is 30.9 Å². The van der Waals surface area contributed by atoms with Gasteiger partial charge >= 0.3 is 0 Å². The zero-order valence-electron chi connectivity index (χ0n) is 12.5. The highest BCUT2D eigenvalue weighted by molar-refractivity contribution is 8.03. The Morgan fingerprint density at radius 3 is 2.09 bits per heavy atom. The van der Waals surface area contributed by atoms with Crippen LogP contribution in [0.4, 0.5) is 0 Å². The Labute approximate surface area is 136 Å². The number of hydrogen-bond acceptors (Lipinski definition) is 3. The van der Waals surface area contributed by atoms with Crippen molar-refractivity contribution in [3.05, 3.63) is 59.7 Å². The van der Waals surface area contributed by atoms with Gasteiger partial charge in [0.05, 0.1) is 6.61 Å². The molecule has 0 aromatic heterocycles. The van der Waals surface area contributed by atoms with Gasteiger partial charge in [-0.2, -0.15) is 5.26 Å². The fourth-order valence-electron chi connectivity index (χ4n) is 1.77. The van der Waals surface area contributed by atoms with E-state index >= 15 is 0 Å². The van der Waals surface area contributed by atoms with Crippen LogP contribution in [0.5, 0.6) is 5.75 Å². The van der Waals surface area contributed by atoms with E-state index in [1.807, 2.05) is 48.5 Å². The molecule has 0 saturated carbocycles. The maximum Gasteiger partial charge on any atom is 0.138 e. The molecule has 22 heavy (non-hydrogen) atoms. The highest BCUT2D eigenvalue weighted by Crippen LogP contribution is 2.16. The van der Waals surface area contributed by atoms with E-state index < -0.39 is 0 Å². The Morgan fingerprint density at radius 1 is 0.955 bits per heavy atom. The van der Waals surface area contributed by atoms with Gasteiger partial charge in [-0.25, -0.2) is 0 Å². The zero-order chi connectivity index (χ0) is 15.6. The predicted molar refractivity (Wildman–Crippen MR) is 90.7 cm³/mol. The Hall–Kier alpha value is -2.36. The van der Waals surface area contributed by atoms with Gasteiger partial charge in [0.15, 0.2) is 0 Å². The molecule has 2 aromatic rings. The van der Waals surface area contributed by atoms with Gasteiger partial charge in [-0.05, 0) is 66.7 Å². The second-order valence-electron chi connectivity index (χ2n) is 4.69. The number of nitrogens with zero attached hydrogens (tertiary/aromatic N) is 1. The highest BCUT2D eigenvalue weighted by Gasteiger charge is 1.94. The maximum atomic E-state index is 8.61. The average Bonchev–Trinajstić information content (AvgIpc) is 2.56. The normalized spacial score (nSPS) is 9.45. The van der Waals surface area contributed by atoms with E-state index in [0.29, 0.717) is 0 Å². The van der Waals surface area contributed by atoms with Crippen molar-refractivity contribution >= 4 is 11.8 Å². The van der Waals surface area contributed by atoms with Gasteiger partial charge in [0.2, 0.25) is 0 Å². The molecule has 0 fully saturated rings. The van der Waals surface area contributed by atoms with Crippen molar-refractivity contribution in [1.82, 2.24) is 0 Å². The third-order valence-corrected chi connectivity index (χ3v) is 3.59. The van der Waals surface area contributed by atoms with E-state index in [9.17, 15) is 0 Å². The van der Waals surface area contributed by atoms with Crippen molar-refractivity contribution in [2.24, 2.45) is 0 Å². The molecule has 0 aliphatic carbocycles. The number of ether oxygens (including phenoxy) is 1. The van der Waals surface area contributed by atoms with Crippen molar-refractivity contribution in [3.8, 4) is 23.0 Å². The molecule has 0 saturated heterocycles. The largest absolute Gasteiger partial charge is 0.494 e. The molecule has 0 N–H and O–H groups in total. The molecule has 0 heterocycles. The Kier molecular flexibility index (Phi) is 6.42. The van der Waals surface area contributed by atoms with E-state index in [1.165, 1.54) is 0 Å². The Morgan fingerprint density at radius 2 is 1.55 bits per heavy atom. The monoisotopic (exact) mass is 307 g/mol. The van der Waals surface area contributed by atoms with Crippen molar-refractivity contribution in [2.45, 2.75) is 24.7 Å². The minimum atomic E-state index is 0.759. The van der Waals surface area contributed by atoms with Gasteiger partial charge in [-0.1, -0.05) is 25.2 Å². The second kappa shape index (κ2) is 8.82. The number of nitriles is 1. The summed E-state index contributed by atoms with van der Waals surface area (Å²) in [4.78, 5) is 0.932. The van der Waals surface area contributed by atoms with E-state index in [1.54, 1.807) is 0 Å². The van der Waals surface area contributed by atoms with Crippen LogP contribution in [0, 0.1) is 22.5 Å². The fraction of sp³-hybridized carbons (Fsp3) is 0.211. The summed E-state index contributed by atoms with van der Waals surface area (Å²) in [7, 11) is 0. The van der Waals surface area contributed by atoms with Crippen LogP contribution < -0.4 is 4.74 Å². The standard InChI is InChI=1S/C19H17NOS/c1-2-3-14-21-18-10-6-16(7-11-18)4-5-17-8-12-19(13-9-17)22-15-20/h6-13H,2-3,14H2,1H3. The number of hydrogen-bond donors (Lipinski definition) is 0. The lowest BCUT2D eigenvalue weighted by Gasteiger charge is -2.04. The lowest BCUT2D eigenvalue weighted by molar-refractivity contribution is 0.309. The molecule has 2 rings (SSSR count). The van der Waals surface area contributed by atoms with Crippen LogP contribution >= 0.6 is 11.8 Å². The number of unbranched alkanes of at least 4 members (excludes halogenated alkanes) is 1. The quantitative estimate of drug-likeness (QED) is 0.343. The number of rotatable bonds is 5. The van der Waals surface area contributed by atoms with Crippen LogP contribution in [0.2, 0.25) is 0 Å². The molecule has 0 atom stereocenters. The Bertz CT molecular complexity index is 687. The smallest absolute Gasteiger partial charge is 0.138 e. The molecule has 0 bridgehead atoms. The van der Waals surface area contributed by atoms with Crippen LogP contribution in [0.3, 0.4) is 0 Å². The third-order valence-electron chi connectivity index (χ3n) is 2.99. The lowest BCUT2D eigenvalue weighted by atomic mass is 10.2. The molecule has 2 nitrogen and oxygen atoms in total. The van der Waals surface area contributed by atoms with Gasteiger partial charge in [0, 0.05) is 16.0 Å². The summed E-state index contributed by atoms with van der Waals surface area (Å²) in [6.07, 6.45) is 2.21. The van der Waals surface area contributed by atoms with Gasteiger partial charge in [0.25, 0.3) is 0 Å². The lowest BCUT2D eigenvalue weighted by Crippen LogP contribution is -1.95. The molecular weight excluding hydrogens is 290 g/mol. The molecule has 0 aliphatic heterocycles. The van der Waals surface area contributed by atoms with Gasteiger partial charge in [0.1, 0.15) is 11.2 Å². The first-order chi connectivity index (χ1) is 10.8. The summed E-state index contributed by atoms with van der Waals surface area (Å²) in [5.41, 5.74) is 1.89. The summed E-state index contributed by atoms with van der Waals surface area (Å²) in [6.45, 7) is 2.90. The van der Waals surface area contributed by atoms with Crippen molar-refractivity contribution < 1.29 is 4.74 Å². The van der Waals surface area contributed by atoms with Crippen LogP contribution in [-0.2, 0) is 0 Å². The topological polar surface area (TPSA) is 33.0 Å². The van der Waals surface area contributed by atoms with Crippen molar-refractivity contribution in [1.29, 1.82) is 5.26 Å². The van der Waals surface area contributed by atoms with Gasteiger partial charge < -0.3 is 4.74 Å². The van der Waals surface area contributed by atoms with Crippen molar-refractivity contribution in [3.63, 3.8) is 0 Å². The van der Waals surface area contributed by atoms with Gasteiger partial charge in [-0.15, -0.1) is 0 Å².